The standard InChI is InChI=1S/C13H18N2O3S/c14-10-2-4-11(5-3-10)19(17,18)15-7-9-1-6-13(16)12(9)8-15/h2-5,9,12-13,16H,1,6-8,14H2. The van der Waals surface area contributed by atoms with Crippen LogP contribution in [0.3, 0.4) is 0 Å². The van der Waals surface area contributed by atoms with E-state index in [-0.39, 0.29) is 16.9 Å². The van der Waals surface area contributed by atoms with Crippen molar-refractivity contribution in [3.8, 4) is 0 Å². The van der Waals surface area contributed by atoms with Crippen LogP contribution in [-0.2, 0) is 10.0 Å². The van der Waals surface area contributed by atoms with Crippen LogP contribution in [0.4, 0.5) is 5.69 Å². The summed E-state index contributed by atoms with van der Waals surface area (Å²) in [5.74, 6) is 0.405. The van der Waals surface area contributed by atoms with Crippen molar-refractivity contribution in [3.63, 3.8) is 0 Å². The molecule has 0 spiro atoms. The molecular weight excluding hydrogens is 264 g/mol. The van der Waals surface area contributed by atoms with Crippen LogP contribution in [0, 0.1) is 11.8 Å². The lowest BCUT2D eigenvalue weighted by atomic mass is 10.00. The molecule has 1 aliphatic carbocycles. The van der Waals surface area contributed by atoms with E-state index < -0.39 is 10.0 Å². The average molecular weight is 282 g/mol. The monoisotopic (exact) mass is 282 g/mol. The summed E-state index contributed by atoms with van der Waals surface area (Å²) in [5, 5.41) is 9.85. The lowest BCUT2D eigenvalue weighted by Crippen LogP contribution is -2.31. The first-order chi connectivity index (χ1) is 8.98. The number of benzene rings is 1. The zero-order valence-electron chi connectivity index (χ0n) is 10.6. The van der Waals surface area contributed by atoms with Gasteiger partial charge in [-0.3, -0.25) is 0 Å². The van der Waals surface area contributed by atoms with E-state index in [0.717, 1.165) is 12.8 Å². The highest BCUT2D eigenvalue weighted by atomic mass is 32.2. The molecule has 104 valence electrons. The number of fused-ring (bicyclic) bond motifs is 1. The second kappa shape index (κ2) is 4.47. The van der Waals surface area contributed by atoms with Gasteiger partial charge in [0.2, 0.25) is 10.0 Å². The molecule has 0 amide bonds. The van der Waals surface area contributed by atoms with Crippen LogP contribution in [0.15, 0.2) is 29.2 Å². The number of aliphatic hydroxyl groups excluding tert-OH is 1. The first-order valence-corrected chi connectivity index (χ1v) is 7.96. The van der Waals surface area contributed by atoms with Crippen molar-refractivity contribution < 1.29 is 13.5 Å². The van der Waals surface area contributed by atoms with Crippen LogP contribution in [0.25, 0.3) is 0 Å². The molecule has 0 aromatic heterocycles. The number of nitrogens with zero attached hydrogens (tertiary/aromatic N) is 1. The molecule has 3 unspecified atom stereocenters. The molecule has 2 fully saturated rings. The van der Waals surface area contributed by atoms with Crippen LogP contribution >= 0.6 is 0 Å². The highest BCUT2D eigenvalue weighted by Gasteiger charge is 2.45. The molecule has 0 bridgehead atoms. The average Bonchev–Trinajstić information content (AvgIpc) is 2.93. The number of sulfonamides is 1. The van der Waals surface area contributed by atoms with Gasteiger partial charge < -0.3 is 10.8 Å². The fourth-order valence-corrected chi connectivity index (χ4v) is 4.72. The minimum absolute atomic E-state index is 0.101. The fourth-order valence-electron chi connectivity index (χ4n) is 3.18. The van der Waals surface area contributed by atoms with Crippen LogP contribution in [-0.4, -0.2) is 37.0 Å². The van der Waals surface area contributed by atoms with Gasteiger partial charge in [0, 0.05) is 24.7 Å². The van der Waals surface area contributed by atoms with E-state index in [4.69, 9.17) is 5.73 Å². The molecule has 1 aromatic carbocycles. The number of anilines is 1. The number of rotatable bonds is 2. The largest absolute Gasteiger partial charge is 0.399 e. The molecule has 1 aliphatic heterocycles. The molecule has 3 rings (SSSR count). The lowest BCUT2D eigenvalue weighted by Gasteiger charge is -2.18. The summed E-state index contributed by atoms with van der Waals surface area (Å²) in [5.41, 5.74) is 6.12. The Bertz CT molecular complexity index is 570. The highest BCUT2D eigenvalue weighted by Crippen LogP contribution is 2.40. The third-order valence-corrected chi connectivity index (χ3v) is 6.15. The third kappa shape index (κ3) is 2.13. The summed E-state index contributed by atoms with van der Waals surface area (Å²) < 4.78 is 26.5. The third-order valence-electron chi connectivity index (χ3n) is 4.30. The van der Waals surface area contributed by atoms with E-state index in [2.05, 4.69) is 0 Å². The molecule has 2 aliphatic rings. The molecular formula is C13H18N2O3S. The molecule has 1 saturated heterocycles. The van der Waals surface area contributed by atoms with Gasteiger partial charge in [0.25, 0.3) is 0 Å². The number of hydrogen-bond acceptors (Lipinski definition) is 4. The summed E-state index contributed by atoms with van der Waals surface area (Å²) in [6.45, 7) is 0.951. The van der Waals surface area contributed by atoms with Gasteiger partial charge in [0.1, 0.15) is 0 Å². The van der Waals surface area contributed by atoms with Gasteiger partial charge in [-0.25, -0.2) is 8.42 Å². The van der Waals surface area contributed by atoms with Crippen LogP contribution in [0.1, 0.15) is 12.8 Å². The lowest BCUT2D eigenvalue weighted by molar-refractivity contribution is 0.129. The molecule has 6 heteroatoms. The van der Waals surface area contributed by atoms with Gasteiger partial charge in [-0.05, 0) is 43.0 Å². The van der Waals surface area contributed by atoms with Crippen LogP contribution in [0.2, 0.25) is 0 Å². The Hall–Kier alpha value is -1.11. The van der Waals surface area contributed by atoms with Crippen molar-refractivity contribution in [2.45, 2.75) is 23.8 Å². The Morgan fingerprint density at radius 3 is 2.47 bits per heavy atom. The van der Waals surface area contributed by atoms with Gasteiger partial charge in [-0.15, -0.1) is 0 Å². The zero-order chi connectivity index (χ0) is 13.6. The summed E-state index contributed by atoms with van der Waals surface area (Å²) in [7, 11) is -3.45. The van der Waals surface area contributed by atoms with Crippen molar-refractivity contribution in [1.82, 2.24) is 4.31 Å². The minimum Gasteiger partial charge on any atom is -0.399 e. The van der Waals surface area contributed by atoms with Gasteiger partial charge >= 0.3 is 0 Å². The van der Waals surface area contributed by atoms with E-state index in [9.17, 15) is 13.5 Å². The van der Waals surface area contributed by atoms with E-state index in [1.807, 2.05) is 0 Å². The SMILES string of the molecule is Nc1ccc(S(=O)(=O)N2CC3CCC(O)C3C2)cc1. The summed E-state index contributed by atoms with van der Waals surface area (Å²) >= 11 is 0. The first kappa shape index (κ1) is 12.9. The molecule has 3 N–H and O–H groups in total. The van der Waals surface area contributed by atoms with E-state index in [1.54, 1.807) is 12.1 Å². The van der Waals surface area contributed by atoms with E-state index in [1.165, 1.54) is 16.4 Å². The second-order valence-electron chi connectivity index (χ2n) is 5.46. The maximum atomic E-state index is 12.5. The summed E-state index contributed by atoms with van der Waals surface area (Å²) in [4.78, 5) is 0.274. The smallest absolute Gasteiger partial charge is 0.243 e. The molecule has 0 radical (unpaired) electrons. The Balaban J connectivity index is 1.84. The van der Waals surface area contributed by atoms with Crippen molar-refractivity contribution in [1.29, 1.82) is 0 Å². The molecule has 1 heterocycles. The fraction of sp³-hybridized carbons (Fsp3) is 0.538. The van der Waals surface area contributed by atoms with Crippen molar-refractivity contribution >= 4 is 15.7 Å². The molecule has 1 aromatic rings. The van der Waals surface area contributed by atoms with Crippen LogP contribution in [0.5, 0.6) is 0 Å². The van der Waals surface area contributed by atoms with Crippen molar-refractivity contribution in [2.24, 2.45) is 11.8 Å². The normalized spacial score (nSPS) is 31.5. The number of hydrogen-bond donors (Lipinski definition) is 2. The van der Waals surface area contributed by atoms with Crippen LogP contribution < -0.4 is 5.73 Å². The Morgan fingerprint density at radius 1 is 1.16 bits per heavy atom. The molecule has 19 heavy (non-hydrogen) atoms. The predicted molar refractivity (Wildman–Crippen MR) is 71.8 cm³/mol. The Morgan fingerprint density at radius 2 is 1.84 bits per heavy atom. The van der Waals surface area contributed by atoms with Gasteiger partial charge in [0.15, 0.2) is 0 Å². The van der Waals surface area contributed by atoms with Crippen molar-refractivity contribution in [2.75, 3.05) is 18.8 Å². The Labute approximate surface area is 113 Å². The maximum absolute atomic E-state index is 12.5. The molecule has 1 saturated carbocycles. The summed E-state index contributed by atoms with van der Waals surface area (Å²) in [6, 6.07) is 6.27. The summed E-state index contributed by atoms with van der Waals surface area (Å²) in [6.07, 6.45) is 1.36. The zero-order valence-corrected chi connectivity index (χ0v) is 11.4. The van der Waals surface area contributed by atoms with E-state index in [0.29, 0.717) is 24.7 Å². The Kier molecular flexibility index (Phi) is 3.03. The molecule has 3 atom stereocenters. The highest BCUT2D eigenvalue weighted by molar-refractivity contribution is 7.89. The van der Waals surface area contributed by atoms with Crippen molar-refractivity contribution in [3.05, 3.63) is 24.3 Å². The number of aliphatic hydroxyl groups is 1. The number of nitrogen functional groups attached to an aromatic ring is 1. The quantitative estimate of drug-likeness (QED) is 0.781. The second-order valence-corrected chi connectivity index (χ2v) is 7.40. The van der Waals surface area contributed by atoms with Gasteiger partial charge in [-0.1, -0.05) is 0 Å². The first-order valence-electron chi connectivity index (χ1n) is 6.52. The topological polar surface area (TPSA) is 83.6 Å². The molecule has 5 nitrogen and oxygen atoms in total. The maximum Gasteiger partial charge on any atom is 0.243 e. The minimum atomic E-state index is -3.45. The van der Waals surface area contributed by atoms with Gasteiger partial charge in [0.05, 0.1) is 11.0 Å². The van der Waals surface area contributed by atoms with E-state index >= 15 is 0 Å². The van der Waals surface area contributed by atoms with Gasteiger partial charge in [-0.2, -0.15) is 4.31 Å². The number of nitrogens with two attached hydrogens (primary N) is 1. The predicted octanol–water partition coefficient (Wildman–Crippen LogP) is 0.660.